The predicted molar refractivity (Wildman–Crippen MR) is 102 cm³/mol. The summed E-state index contributed by atoms with van der Waals surface area (Å²) in [6.07, 6.45) is -24.4. The van der Waals surface area contributed by atoms with Crippen LogP contribution in [0.1, 0.15) is 13.3 Å². The SMILES string of the molecule is C=C(C)C(=O)OCC(O)CC(F)(F)C(F)(F)C(F)(F)C(F)(F)C(F)(F)C(F)(F)C(F)(F)C(F)(F)C(F)(F)C(F)(F)C(F)(C(F)(F)F)C(F)(F)F. The molecule has 0 radical (unpaired) electrons. The van der Waals surface area contributed by atoms with Gasteiger partial charge >= 0.3 is 83.2 Å². The average Bonchev–Trinajstić information content (AvgIpc) is 2.88. The van der Waals surface area contributed by atoms with Gasteiger partial charge in [-0.25, -0.2) is 9.18 Å². The van der Waals surface area contributed by atoms with Crippen molar-refractivity contribution in [1.82, 2.24) is 0 Å². The van der Waals surface area contributed by atoms with Crippen LogP contribution in [0.2, 0.25) is 0 Å². The van der Waals surface area contributed by atoms with Crippen LogP contribution in [0, 0.1) is 0 Å². The van der Waals surface area contributed by atoms with Gasteiger partial charge < -0.3 is 9.84 Å². The Labute approximate surface area is 256 Å². The molecule has 0 aromatic heterocycles. The smallest absolute Gasteiger partial charge is 0.438 e. The number of esters is 1. The maximum absolute atomic E-state index is 13.9. The quantitative estimate of drug-likeness (QED) is 0.102. The summed E-state index contributed by atoms with van der Waals surface area (Å²) in [6.45, 7) is 1.56. The molecular weight excluding hydrogens is 801 g/mol. The Balaban J connectivity index is 7.30. The molecule has 0 fully saturated rings. The summed E-state index contributed by atoms with van der Waals surface area (Å²) in [5.41, 5.74) is -9.94. The molecular formula is C20H11F27O3. The minimum Gasteiger partial charge on any atom is -0.460 e. The van der Waals surface area contributed by atoms with E-state index in [4.69, 9.17) is 5.11 Å². The first-order chi connectivity index (χ1) is 21.2. The molecule has 3 nitrogen and oxygen atoms in total. The minimum absolute atomic E-state index is 0.683. The zero-order valence-electron chi connectivity index (χ0n) is 22.7. The molecule has 50 heavy (non-hydrogen) atoms. The molecule has 0 aliphatic carbocycles. The molecule has 0 bridgehead atoms. The Morgan fingerprint density at radius 2 is 0.740 bits per heavy atom. The molecule has 1 atom stereocenters. The van der Waals surface area contributed by atoms with Gasteiger partial charge in [0, 0.05) is 12.0 Å². The van der Waals surface area contributed by atoms with Crippen LogP contribution in [0.4, 0.5) is 119 Å². The van der Waals surface area contributed by atoms with Crippen LogP contribution >= 0.6 is 0 Å². The van der Waals surface area contributed by atoms with Gasteiger partial charge in [0.2, 0.25) is 0 Å². The van der Waals surface area contributed by atoms with E-state index in [1.807, 2.05) is 0 Å². The van der Waals surface area contributed by atoms with Crippen molar-refractivity contribution in [3.63, 3.8) is 0 Å². The second-order valence-electron chi connectivity index (χ2n) is 9.76. The fourth-order valence-electron chi connectivity index (χ4n) is 3.12. The number of aliphatic hydroxyl groups is 1. The van der Waals surface area contributed by atoms with Crippen LogP contribution in [-0.2, 0) is 9.53 Å². The van der Waals surface area contributed by atoms with E-state index < -0.39 is 108 Å². The third-order valence-corrected chi connectivity index (χ3v) is 6.08. The Kier molecular flexibility index (Phi) is 11.8. The maximum atomic E-state index is 13.9. The molecule has 0 aromatic rings. The number of carbonyl (C=O) groups is 1. The van der Waals surface area contributed by atoms with Crippen molar-refractivity contribution in [3.8, 4) is 0 Å². The third kappa shape index (κ3) is 6.24. The summed E-state index contributed by atoms with van der Waals surface area (Å²) < 4.78 is 369. The van der Waals surface area contributed by atoms with Crippen molar-refractivity contribution in [2.75, 3.05) is 6.61 Å². The molecule has 1 unspecified atom stereocenters. The topological polar surface area (TPSA) is 46.5 Å². The van der Waals surface area contributed by atoms with E-state index in [0.29, 0.717) is 0 Å². The minimum atomic E-state index is -9.89. The van der Waals surface area contributed by atoms with Crippen molar-refractivity contribution >= 4 is 5.97 Å². The van der Waals surface area contributed by atoms with Crippen LogP contribution in [0.3, 0.4) is 0 Å². The lowest BCUT2D eigenvalue weighted by Gasteiger charge is -2.46. The number of carbonyl (C=O) groups excluding carboxylic acids is 1. The van der Waals surface area contributed by atoms with Crippen LogP contribution < -0.4 is 0 Å². The first kappa shape index (κ1) is 47.3. The monoisotopic (exact) mass is 812 g/mol. The zero-order valence-corrected chi connectivity index (χ0v) is 22.7. The van der Waals surface area contributed by atoms with Gasteiger partial charge in [-0.1, -0.05) is 6.58 Å². The van der Waals surface area contributed by atoms with E-state index >= 15 is 0 Å². The molecule has 298 valence electrons. The highest BCUT2D eigenvalue weighted by atomic mass is 19.4. The van der Waals surface area contributed by atoms with Gasteiger partial charge in [0.1, 0.15) is 6.61 Å². The largest absolute Gasteiger partial charge is 0.460 e. The van der Waals surface area contributed by atoms with Gasteiger partial charge in [0.05, 0.1) is 6.10 Å². The highest BCUT2D eigenvalue weighted by Crippen LogP contribution is 2.69. The molecule has 0 heterocycles. The fourth-order valence-corrected chi connectivity index (χ4v) is 3.12. The summed E-state index contributed by atoms with van der Waals surface area (Å²) in [7, 11) is 0. The first-order valence-electron chi connectivity index (χ1n) is 11.3. The summed E-state index contributed by atoms with van der Waals surface area (Å²) in [6, 6.07) is 0. The second-order valence-corrected chi connectivity index (χ2v) is 9.76. The van der Waals surface area contributed by atoms with E-state index in [0.717, 1.165) is 6.92 Å². The van der Waals surface area contributed by atoms with Gasteiger partial charge in [-0.05, 0) is 6.92 Å². The highest BCUT2D eigenvalue weighted by Gasteiger charge is 3.01. The fraction of sp³-hybridized carbons (Fsp3) is 0.850. The Morgan fingerprint density at radius 3 is 0.980 bits per heavy atom. The molecule has 0 amide bonds. The molecule has 0 rings (SSSR count). The Hall–Kier alpha value is -2.72. The number of alkyl halides is 27. The molecule has 1 N–H and O–H groups in total. The Morgan fingerprint density at radius 1 is 0.500 bits per heavy atom. The summed E-state index contributed by atoms with van der Waals surface area (Å²) in [4.78, 5) is 11.0. The van der Waals surface area contributed by atoms with Crippen LogP contribution in [0.5, 0.6) is 0 Å². The van der Waals surface area contributed by atoms with Crippen molar-refractivity contribution in [2.24, 2.45) is 0 Å². The molecule has 0 aliphatic rings. The van der Waals surface area contributed by atoms with Crippen LogP contribution in [-0.4, -0.2) is 101 Å². The average molecular weight is 812 g/mol. The number of hydrogen-bond acceptors (Lipinski definition) is 3. The number of rotatable bonds is 15. The highest BCUT2D eigenvalue weighted by molar-refractivity contribution is 5.86. The number of ether oxygens (including phenoxy) is 1. The molecule has 0 saturated heterocycles. The first-order valence-corrected chi connectivity index (χ1v) is 11.3. The van der Waals surface area contributed by atoms with Crippen molar-refractivity contribution in [1.29, 1.82) is 0 Å². The molecule has 0 saturated carbocycles. The van der Waals surface area contributed by atoms with Crippen molar-refractivity contribution in [2.45, 2.75) is 96.7 Å². The summed E-state index contributed by atoms with van der Waals surface area (Å²) in [5, 5.41) is 9.13. The normalized spacial score (nSPS) is 16.7. The van der Waals surface area contributed by atoms with E-state index in [1.54, 1.807) is 0 Å². The van der Waals surface area contributed by atoms with Crippen LogP contribution in [0.25, 0.3) is 0 Å². The van der Waals surface area contributed by atoms with E-state index in [1.165, 1.54) is 0 Å². The van der Waals surface area contributed by atoms with Crippen LogP contribution in [0.15, 0.2) is 12.2 Å². The standard InChI is InChI=1S/C20H11F27O3/c1-5(2)7(49)50-4-6(48)3-8(21,22)10(24,25)12(28,29)14(32,33)16(36,37)18(40,41)17(38,39)15(34,35)13(30,31)11(26,27)9(23,19(42,43)44)20(45,46)47/h6,48H,1,3-4H2,2H3. The number of aliphatic hydroxyl groups excluding tert-OH is 1. The lowest BCUT2D eigenvalue weighted by atomic mass is 9.81. The Bertz CT molecular complexity index is 1240. The summed E-state index contributed by atoms with van der Waals surface area (Å²) >= 11 is 0. The van der Waals surface area contributed by atoms with E-state index in [2.05, 4.69) is 11.3 Å². The van der Waals surface area contributed by atoms with Gasteiger partial charge in [-0.3, -0.25) is 0 Å². The molecule has 30 heteroatoms. The number of hydrogen-bond donors (Lipinski definition) is 1. The molecule has 0 aromatic carbocycles. The van der Waals surface area contributed by atoms with Crippen molar-refractivity contribution in [3.05, 3.63) is 12.2 Å². The van der Waals surface area contributed by atoms with Gasteiger partial charge in [0.15, 0.2) is 0 Å². The lowest BCUT2D eigenvalue weighted by Crippen LogP contribution is -2.79. The molecule has 0 aliphatic heterocycles. The molecule has 0 spiro atoms. The van der Waals surface area contributed by atoms with Gasteiger partial charge in [-0.2, -0.15) is 114 Å². The number of halogens is 27. The lowest BCUT2D eigenvalue weighted by molar-refractivity contribution is -0.487. The van der Waals surface area contributed by atoms with Gasteiger partial charge in [-0.15, -0.1) is 0 Å². The third-order valence-electron chi connectivity index (χ3n) is 6.08. The predicted octanol–water partition coefficient (Wildman–Crippen LogP) is 9.04. The van der Waals surface area contributed by atoms with Gasteiger partial charge in [0.25, 0.3) is 0 Å². The maximum Gasteiger partial charge on any atom is 0.438 e. The van der Waals surface area contributed by atoms with E-state index in [-0.39, 0.29) is 0 Å². The summed E-state index contributed by atoms with van der Waals surface area (Å²) in [5.74, 6) is -94.7. The zero-order chi connectivity index (χ0) is 41.4. The van der Waals surface area contributed by atoms with E-state index in [9.17, 15) is 123 Å². The second kappa shape index (κ2) is 12.5. The van der Waals surface area contributed by atoms with Crippen molar-refractivity contribution < 1.29 is 133 Å².